The van der Waals surface area contributed by atoms with Crippen molar-refractivity contribution in [1.29, 1.82) is 0 Å². The van der Waals surface area contributed by atoms with Gasteiger partial charge in [0.25, 0.3) is 5.78 Å². The van der Waals surface area contributed by atoms with Gasteiger partial charge in [-0.15, -0.1) is 11.3 Å². The summed E-state index contributed by atoms with van der Waals surface area (Å²) in [5.41, 5.74) is 1.76. The van der Waals surface area contributed by atoms with Crippen LogP contribution in [0.5, 0.6) is 11.5 Å². The molecule has 1 amide bonds. The molecule has 0 radical (unpaired) electrons. The molecule has 1 atom stereocenters. The van der Waals surface area contributed by atoms with Crippen LogP contribution in [0.15, 0.2) is 53.4 Å². The molecule has 1 saturated heterocycles. The minimum atomic E-state index is -0.861. The van der Waals surface area contributed by atoms with Crippen LogP contribution in [-0.2, 0) is 9.59 Å². The molecule has 4 aromatic rings. The highest BCUT2D eigenvalue weighted by atomic mass is 35.5. The molecule has 7 nitrogen and oxygen atoms in total. The monoisotopic (exact) mass is 540 g/mol. The van der Waals surface area contributed by atoms with E-state index in [4.69, 9.17) is 21.1 Å². The molecular weight excluding hydrogens is 520 g/mol. The van der Waals surface area contributed by atoms with E-state index in [9.17, 15) is 14.7 Å². The summed E-state index contributed by atoms with van der Waals surface area (Å²) in [6.45, 7) is 4.17. The van der Waals surface area contributed by atoms with Gasteiger partial charge < -0.3 is 14.6 Å². The molecular formula is C26H21ClN2O5S2. The summed E-state index contributed by atoms with van der Waals surface area (Å²) in [5, 5.41) is 13.8. The number of nitrogens with zero attached hydrogens (tertiary/aromatic N) is 2. The maximum absolute atomic E-state index is 13.4. The Balaban J connectivity index is 1.70. The number of thiazole rings is 1. The molecule has 10 heteroatoms. The van der Waals surface area contributed by atoms with Gasteiger partial charge in [0.2, 0.25) is 0 Å². The number of hydrogen-bond donors (Lipinski definition) is 1. The SMILES string of the molecule is CCOc1ccc(Cl)c(/C(O)=C2\C(=O)C(=O)N(c3nc4cc(C)c(OC)cc4s3)C2c2cccs2)c1. The van der Waals surface area contributed by atoms with Crippen molar-refractivity contribution < 1.29 is 24.2 Å². The number of amides is 1. The second-order valence-electron chi connectivity index (χ2n) is 8.05. The van der Waals surface area contributed by atoms with Gasteiger partial charge in [-0.1, -0.05) is 29.0 Å². The smallest absolute Gasteiger partial charge is 0.301 e. The lowest BCUT2D eigenvalue weighted by molar-refractivity contribution is -0.132. The molecule has 1 aliphatic heterocycles. The van der Waals surface area contributed by atoms with Gasteiger partial charge in [0.1, 0.15) is 23.3 Å². The minimum absolute atomic E-state index is 0.0500. The number of Topliss-reactive ketones (excluding diaryl/α,β-unsaturated/α-hetero) is 1. The van der Waals surface area contributed by atoms with Crippen LogP contribution in [0.2, 0.25) is 5.02 Å². The Morgan fingerprint density at radius 1 is 1.22 bits per heavy atom. The highest BCUT2D eigenvalue weighted by Crippen LogP contribution is 2.46. The molecule has 1 fully saturated rings. The predicted octanol–water partition coefficient (Wildman–Crippen LogP) is 6.35. The van der Waals surface area contributed by atoms with E-state index < -0.39 is 17.7 Å². The number of benzene rings is 2. The zero-order chi connectivity index (χ0) is 25.6. The number of ketones is 1. The first kappa shape index (κ1) is 24.3. The molecule has 2 aromatic carbocycles. The summed E-state index contributed by atoms with van der Waals surface area (Å²) in [4.78, 5) is 33.5. The third kappa shape index (κ3) is 4.03. The summed E-state index contributed by atoms with van der Waals surface area (Å²) < 4.78 is 11.8. The van der Waals surface area contributed by atoms with Crippen LogP contribution < -0.4 is 14.4 Å². The Hall–Kier alpha value is -3.40. The molecule has 1 N–H and O–H groups in total. The molecule has 2 aromatic heterocycles. The first-order valence-corrected chi connectivity index (χ1v) is 13.1. The standard InChI is InChI=1S/C26H21ClN2O5S2/c1-4-34-14-7-8-16(27)15(11-14)23(30)21-22(19-6-5-9-35-19)29(25(32)24(21)31)26-28-17-10-13(2)18(33-3)12-20(17)36-26/h5-12,22,30H,4H2,1-3H3/b23-21+. The number of methoxy groups -OCH3 is 1. The third-order valence-electron chi connectivity index (χ3n) is 5.86. The second-order valence-corrected chi connectivity index (χ2v) is 10.4. The van der Waals surface area contributed by atoms with E-state index in [0.717, 1.165) is 10.3 Å². The Morgan fingerprint density at radius 3 is 2.72 bits per heavy atom. The topological polar surface area (TPSA) is 89.0 Å². The quantitative estimate of drug-likeness (QED) is 0.174. The van der Waals surface area contributed by atoms with Gasteiger partial charge in [-0.25, -0.2) is 4.98 Å². The number of carbonyl (C=O) groups excluding carboxylic acids is 2. The van der Waals surface area contributed by atoms with Crippen molar-refractivity contribution >= 4 is 67.1 Å². The lowest BCUT2D eigenvalue weighted by Gasteiger charge is -2.21. The molecule has 1 aliphatic rings. The second kappa shape index (κ2) is 9.57. The maximum atomic E-state index is 13.4. The van der Waals surface area contributed by atoms with Crippen molar-refractivity contribution in [1.82, 2.24) is 4.98 Å². The van der Waals surface area contributed by atoms with E-state index in [0.29, 0.717) is 33.6 Å². The molecule has 0 bridgehead atoms. The Kier molecular flexibility index (Phi) is 6.46. The van der Waals surface area contributed by atoms with Gasteiger partial charge in [-0.2, -0.15) is 0 Å². The fourth-order valence-electron chi connectivity index (χ4n) is 4.20. The summed E-state index contributed by atoms with van der Waals surface area (Å²) in [6, 6.07) is 11.4. The maximum Gasteiger partial charge on any atom is 0.301 e. The van der Waals surface area contributed by atoms with Gasteiger partial charge in [0.15, 0.2) is 5.13 Å². The van der Waals surface area contributed by atoms with Gasteiger partial charge in [0.05, 0.1) is 34.5 Å². The van der Waals surface area contributed by atoms with Crippen molar-refractivity contribution in [3.05, 3.63) is 74.4 Å². The number of ether oxygens (including phenoxy) is 2. The molecule has 0 saturated carbocycles. The van der Waals surface area contributed by atoms with E-state index in [1.165, 1.54) is 27.6 Å². The summed E-state index contributed by atoms with van der Waals surface area (Å²) >= 11 is 9.05. The molecule has 0 spiro atoms. The number of halogens is 1. The average Bonchev–Trinajstić information content (AvgIpc) is 3.58. The van der Waals surface area contributed by atoms with Crippen molar-refractivity contribution in [3.8, 4) is 11.5 Å². The first-order chi connectivity index (χ1) is 17.3. The number of hydrogen-bond acceptors (Lipinski definition) is 8. The van der Waals surface area contributed by atoms with Crippen LogP contribution >= 0.6 is 34.3 Å². The number of aryl methyl sites for hydroxylation is 1. The third-order valence-corrected chi connectivity index (χ3v) is 8.13. The van der Waals surface area contributed by atoms with Crippen LogP contribution in [0, 0.1) is 6.92 Å². The molecule has 3 heterocycles. The lowest BCUT2D eigenvalue weighted by atomic mass is 9.99. The minimum Gasteiger partial charge on any atom is -0.507 e. The van der Waals surface area contributed by atoms with Crippen molar-refractivity contribution in [2.24, 2.45) is 0 Å². The highest BCUT2D eigenvalue weighted by molar-refractivity contribution is 7.22. The van der Waals surface area contributed by atoms with Gasteiger partial charge in [-0.3, -0.25) is 14.5 Å². The number of anilines is 1. The normalized spacial score (nSPS) is 17.2. The summed E-state index contributed by atoms with van der Waals surface area (Å²) in [7, 11) is 1.59. The van der Waals surface area contributed by atoms with E-state index in [1.807, 2.05) is 43.5 Å². The number of carbonyl (C=O) groups is 2. The number of thiophene rings is 1. The first-order valence-electron chi connectivity index (χ1n) is 11.1. The van der Waals surface area contributed by atoms with E-state index >= 15 is 0 Å². The Bertz CT molecular complexity index is 1530. The van der Waals surface area contributed by atoms with E-state index in [2.05, 4.69) is 4.98 Å². The number of aromatic nitrogens is 1. The van der Waals surface area contributed by atoms with Crippen molar-refractivity contribution in [3.63, 3.8) is 0 Å². The molecule has 36 heavy (non-hydrogen) atoms. The Morgan fingerprint density at radius 2 is 2.03 bits per heavy atom. The zero-order valence-corrected chi connectivity index (χ0v) is 22.0. The molecule has 1 unspecified atom stereocenters. The fraction of sp³-hybridized carbons (Fsp3) is 0.192. The number of rotatable bonds is 6. The van der Waals surface area contributed by atoms with Crippen LogP contribution in [-0.4, -0.2) is 35.5 Å². The Labute approximate surface area is 220 Å². The zero-order valence-electron chi connectivity index (χ0n) is 19.6. The summed E-state index contributed by atoms with van der Waals surface area (Å²) in [5.74, 6) is -0.745. The lowest BCUT2D eigenvalue weighted by Crippen LogP contribution is -2.28. The van der Waals surface area contributed by atoms with Gasteiger partial charge in [-0.05, 0) is 61.2 Å². The largest absolute Gasteiger partial charge is 0.507 e. The van der Waals surface area contributed by atoms with Crippen LogP contribution in [0.1, 0.15) is 29.0 Å². The van der Waals surface area contributed by atoms with Crippen LogP contribution in [0.4, 0.5) is 5.13 Å². The highest BCUT2D eigenvalue weighted by Gasteiger charge is 2.48. The fourth-order valence-corrected chi connectivity index (χ4v) is 6.24. The van der Waals surface area contributed by atoms with Crippen LogP contribution in [0.3, 0.4) is 0 Å². The number of aliphatic hydroxyl groups excluding tert-OH is 1. The van der Waals surface area contributed by atoms with Gasteiger partial charge >= 0.3 is 5.91 Å². The molecule has 184 valence electrons. The van der Waals surface area contributed by atoms with Crippen LogP contribution in [0.25, 0.3) is 16.0 Å². The molecule has 5 rings (SSSR count). The average molecular weight is 541 g/mol. The van der Waals surface area contributed by atoms with Gasteiger partial charge in [0, 0.05) is 10.4 Å². The van der Waals surface area contributed by atoms with Crippen molar-refractivity contribution in [2.75, 3.05) is 18.6 Å². The number of aliphatic hydroxyl groups is 1. The van der Waals surface area contributed by atoms with Crippen molar-refractivity contribution in [2.45, 2.75) is 19.9 Å². The molecule has 0 aliphatic carbocycles. The summed E-state index contributed by atoms with van der Waals surface area (Å²) in [6.07, 6.45) is 0. The number of fused-ring (bicyclic) bond motifs is 1. The predicted molar refractivity (Wildman–Crippen MR) is 143 cm³/mol. The van der Waals surface area contributed by atoms with E-state index in [-0.39, 0.29) is 21.9 Å². The van der Waals surface area contributed by atoms with E-state index in [1.54, 1.807) is 25.3 Å².